The molecule has 156 valence electrons. The first-order valence-electron chi connectivity index (χ1n) is 9.47. The molecule has 0 saturated carbocycles. The first-order valence-corrected chi connectivity index (χ1v) is 9.47. The lowest BCUT2D eigenvalue weighted by Gasteiger charge is -2.31. The monoisotopic (exact) mass is 411 g/mol. The van der Waals surface area contributed by atoms with Crippen LogP contribution in [0.4, 0.5) is 26.0 Å². The summed E-state index contributed by atoms with van der Waals surface area (Å²) in [6, 6.07) is 5.29. The summed E-state index contributed by atoms with van der Waals surface area (Å²) in [5.41, 5.74) is 4.59. The van der Waals surface area contributed by atoms with Crippen molar-refractivity contribution < 1.29 is 10.2 Å². The number of anilines is 3. The Labute approximate surface area is 173 Å². The van der Waals surface area contributed by atoms with Gasteiger partial charge in [0.25, 0.3) is 0 Å². The Morgan fingerprint density at radius 3 is 2.73 bits per heavy atom. The Bertz CT molecular complexity index is 1210. The largest absolute Gasteiger partial charge is 0.352 e. The molecule has 9 heteroatoms. The number of nitrogens with zero attached hydrogens (tertiary/aromatic N) is 4. The summed E-state index contributed by atoms with van der Waals surface area (Å²) in [5, 5.41) is 23.0. The molecule has 0 atom stereocenters. The topological polar surface area (TPSA) is 93.7 Å². The average molecular weight is 411 g/mol. The van der Waals surface area contributed by atoms with Crippen molar-refractivity contribution in [3.8, 4) is 0 Å². The van der Waals surface area contributed by atoms with Gasteiger partial charge in [0.15, 0.2) is 11.3 Å². The van der Waals surface area contributed by atoms with E-state index >= 15 is 0 Å². The van der Waals surface area contributed by atoms with E-state index in [4.69, 9.17) is 10.8 Å². The predicted octanol–water partition coefficient (Wildman–Crippen LogP) is 3.66. The van der Waals surface area contributed by atoms with Gasteiger partial charge < -0.3 is 10.2 Å². The third-order valence-electron chi connectivity index (χ3n) is 5.36. The summed E-state index contributed by atoms with van der Waals surface area (Å²) in [5.74, 6) is -0.576. The van der Waals surface area contributed by atoms with E-state index in [1.807, 2.05) is 19.9 Å². The molecule has 0 bridgehead atoms. The van der Waals surface area contributed by atoms with Crippen LogP contribution in [0.2, 0.25) is 0 Å². The van der Waals surface area contributed by atoms with Gasteiger partial charge in [0.05, 0.1) is 17.6 Å². The minimum absolute atomic E-state index is 0. The van der Waals surface area contributed by atoms with Gasteiger partial charge in [0.1, 0.15) is 18.0 Å². The highest BCUT2D eigenvalue weighted by molar-refractivity contribution is 5.62. The molecule has 1 aliphatic rings. The van der Waals surface area contributed by atoms with E-state index in [2.05, 4.69) is 20.3 Å². The lowest BCUT2D eigenvalue weighted by Crippen LogP contribution is -2.36. The van der Waals surface area contributed by atoms with Gasteiger partial charge >= 0.3 is 0 Å². The first-order chi connectivity index (χ1) is 14.4. The van der Waals surface area contributed by atoms with Gasteiger partial charge in [0.2, 0.25) is 0 Å². The normalized spacial score (nSPS) is 13.1. The first kappa shape index (κ1) is 19.7. The highest BCUT2D eigenvalue weighted by Crippen LogP contribution is 2.28. The van der Waals surface area contributed by atoms with E-state index in [0.29, 0.717) is 25.2 Å². The van der Waals surface area contributed by atoms with Crippen LogP contribution in [-0.2, 0) is 13.0 Å². The Morgan fingerprint density at radius 1 is 1.20 bits per heavy atom. The van der Waals surface area contributed by atoms with Crippen molar-refractivity contribution in [1.29, 1.82) is 10.8 Å². The zero-order chi connectivity index (χ0) is 21.4. The van der Waals surface area contributed by atoms with Crippen LogP contribution < -0.4 is 15.7 Å². The van der Waals surface area contributed by atoms with Gasteiger partial charge in [-0.2, -0.15) is 0 Å². The summed E-state index contributed by atoms with van der Waals surface area (Å²) in [6.07, 6.45) is 3.38. The number of aromatic nitrogens is 3. The molecule has 1 aliphatic heterocycles. The van der Waals surface area contributed by atoms with Crippen LogP contribution in [0.25, 0.3) is 0 Å². The molecule has 0 fully saturated rings. The number of rotatable bonds is 4. The summed E-state index contributed by atoms with van der Waals surface area (Å²) in [4.78, 5) is 6.59. The standard InChI is InChI=1S/C21H21F2N7.H2/c1-12-13(2)21(28-30(11-24)20(12)25)29-6-5-18-14(10-29)7-16(9-26-18)27-19-4-3-15(22)8-17(19)23;/h3-4,7-9,11,24-25,27H,5-6,10H2,1-2H3;1H. The number of hydrogen-bond donors (Lipinski definition) is 3. The number of fused-ring (bicyclic) bond motifs is 1. The average Bonchev–Trinajstić information content (AvgIpc) is 2.74. The molecule has 3 aromatic rings. The van der Waals surface area contributed by atoms with Crippen LogP contribution >= 0.6 is 0 Å². The van der Waals surface area contributed by atoms with E-state index in [1.165, 1.54) is 16.8 Å². The second-order valence-corrected chi connectivity index (χ2v) is 7.25. The molecule has 0 spiro atoms. The number of benzene rings is 1. The van der Waals surface area contributed by atoms with E-state index in [0.717, 1.165) is 40.6 Å². The van der Waals surface area contributed by atoms with Crippen LogP contribution in [0, 0.1) is 36.3 Å². The maximum atomic E-state index is 14.0. The fourth-order valence-electron chi connectivity index (χ4n) is 3.56. The molecule has 0 amide bonds. The molecular formula is C21H23F2N7. The van der Waals surface area contributed by atoms with Gasteiger partial charge in [-0.15, -0.1) is 5.10 Å². The summed E-state index contributed by atoms with van der Waals surface area (Å²) in [7, 11) is 0. The molecule has 1 aromatic carbocycles. The molecule has 0 saturated heterocycles. The quantitative estimate of drug-likeness (QED) is 0.451. The molecule has 3 heterocycles. The van der Waals surface area contributed by atoms with Crippen molar-refractivity contribution in [2.45, 2.75) is 26.8 Å². The molecule has 4 rings (SSSR count). The van der Waals surface area contributed by atoms with E-state index < -0.39 is 11.6 Å². The Morgan fingerprint density at radius 2 is 2.00 bits per heavy atom. The van der Waals surface area contributed by atoms with Crippen LogP contribution in [0.1, 0.15) is 23.8 Å². The zero-order valence-electron chi connectivity index (χ0n) is 16.6. The number of pyridine rings is 1. The van der Waals surface area contributed by atoms with Crippen molar-refractivity contribution >= 4 is 23.5 Å². The molecule has 0 radical (unpaired) electrons. The maximum absolute atomic E-state index is 14.0. The lowest BCUT2D eigenvalue weighted by atomic mass is 10.0. The van der Waals surface area contributed by atoms with E-state index in [1.54, 1.807) is 6.20 Å². The van der Waals surface area contributed by atoms with Gasteiger partial charge in [-0.3, -0.25) is 15.8 Å². The minimum atomic E-state index is -0.670. The smallest absolute Gasteiger partial charge is 0.153 e. The molecule has 30 heavy (non-hydrogen) atoms. The Hall–Kier alpha value is -3.62. The predicted molar refractivity (Wildman–Crippen MR) is 112 cm³/mol. The molecule has 0 aliphatic carbocycles. The van der Waals surface area contributed by atoms with Gasteiger partial charge in [-0.25, -0.2) is 13.5 Å². The van der Waals surface area contributed by atoms with Gasteiger partial charge in [0, 0.05) is 38.3 Å². The zero-order valence-corrected chi connectivity index (χ0v) is 16.6. The van der Waals surface area contributed by atoms with Crippen molar-refractivity contribution in [2.75, 3.05) is 16.8 Å². The third kappa shape index (κ3) is 3.54. The van der Waals surface area contributed by atoms with Crippen LogP contribution in [0.15, 0.2) is 30.5 Å². The summed E-state index contributed by atoms with van der Waals surface area (Å²) >= 11 is 0. The number of halogens is 2. The van der Waals surface area contributed by atoms with Gasteiger partial charge in [-0.05, 0) is 43.2 Å². The van der Waals surface area contributed by atoms with E-state index in [-0.39, 0.29) is 12.6 Å². The second kappa shape index (κ2) is 7.66. The van der Waals surface area contributed by atoms with Crippen LogP contribution in [0.5, 0.6) is 0 Å². The summed E-state index contributed by atoms with van der Waals surface area (Å²) < 4.78 is 28.4. The highest BCUT2D eigenvalue weighted by atomic mass is 19.1. The number of nitrogens with one attached hydrogen (secondary N) is 3. The SMILES string of the molecule is Cc1c(N2CCc3ncc(Nc4ccc(F)cc4F)cc3C2)nn(C=N)c(=N)c1C.[HH]. The van der Waals surface area contributed by atoms with Crippen LogP contribution in [-0.4, -0.2) is 27.6 Å². The molecular weight excluding hydrogens is 388 g/mol. The molecule has 7 nitrogen and oxygen atoms in total. The second-order valence-electron chi connectivity index (χ2n) is 7.25. The van der Waals surface area contributed by atoms with Crippen molar-refractivity contribution in [3.05, 3.63) is 70.0 Å². The summed E-state index contributed by atoms with van der Waals surface area (Å²) in [6.45, 7) is 5.03. The highest BCUT2D eigenvalue weighted by Gasteiger charge is 2.22. The van der Waals surface area contributed by atoms with Crippen molar-refractivity contribution in [3.63, 3.8) is 0 Å². The fourth-order valence-corrected chi connectivity index (χ4v) is 3.56. The minimum Gasteiger partial charge on any atom is -0.352 e. The number of hydrogen-bond acceptors (Lipinski definition) is 6. The third-order valence-corrected chi connectivity index (χ3v) is 5.36. The van der Waals surface area contributed by atoms with Crippen LogP contribution in [0.3, 0.4) is 0 Å². The van der Waals surface area contributed by atoms with Crippen molar-refractivity contribution in [1.82, 2.24) is 14.8 Å². The Balaban J connectivity index is 0.00000272. The molecule has 2 aromatic heterocycles. The molecule has 0 unspecified atom stereocenters. The fraction of sp³-hybridized carbons (Fsp3) is 0.238. The molecule has 3 N–H and O–H groups in total. The van der Waals surface area contributed by atoms with Crippen molar-refractivity contribution in [2.24, 2.45) is 0 Å². The Kier molecular flexibility index (Phi) is 5.03. The van der Waals surface area contributed by atoms with E-state index in [9.17, 15) is 8.78 Å². The lowest BCUT2D eigenvalue weighted by molar-refractivity contribution is 0.586. The maximum Gasteiger partial charge on any atom is 0.153 e. The van der Waals surface area contributed by atoms with Gasteiger partial charge in [-0.1, -0.05) is 0 Å².